The molecule has 6 heteroatoms. The summed E-state index contributed by atoms with van der Waals surface area (Å²) in [4.78, 5) is 23.4. The van der Waals surface area contributed by atoms with Gasteiger partial charge in [-0.05, 0) is 49.4 Å². The van der Waals surface area contributed by atoms with Gasteiger partial charge in [-0.3, -0.25) is 9.36 Å². The van der Waals surface area contributed by atoms with Crippen LogP contribution in [0.15, 0.2) is 82.1 Å². The maximum Gasteiger partial charge on any atom is 0.266 e. The SMILES string of the molecule is Cc1nc2c(-c3ccc(Cl)cc3)nc3ccccc3c2c(=O)n1-c1ccc(Br)cc1. The van der Waals surface area contributed by atoms with Gasteiger partial charge >= 0.3 is 0 Å². The van der Waals surface area contributed by atoms with Gasteiger partial charge in [-0.25, -0.2) is 9.97 Å². The van der Waals surface area contributed by atoms with Crippen molar-refractivity contribution in [3.05, 3.63) is 98.5 Å². The number of aryl methyl sites for hydroxylation is 1. The van der Waals surface area contributed by atoms with Crippen molar-refractivity contribution in [2.45, 2.75) is 6.92 Å². The summed E-state index contributed by atoms with van der Waals surface area (Å²) in [6.07, 6.45) is 0. The average molecular weight is 477 g/mol. The van der Waals surface area contributed by atoms with Gasteiger partial charge in [-0.2, -0.15) is 0 Å². The van der Waals surface area contributed by atoms with Crippen molar-refractivity contribution in [1.29, 1.82) is 0 Å². The molecule has 0 N–H and O–H groups in total. The van der Waals surface area contributed by atoms with Crippen LogP contribution in [0.3, 0.4) is 0 Å². The Balaban J connectivity index is 1.93. The van der Waals surface area contributed by atoms with E-state index in [2.05, 4.69) is 15.9 Å². The fourth-order valence-corrected chi connectivity index (χ4v) is 4.09. The van der Waals surface area contributed by atoms with Gasteiger partial charge in [-0.15, -0.1) is 0 Å². The summed E-state index contributed by atoms with van der Waals surface area (Å²) < 4.78 is 2.60. The van der Waals surface area contributed by atoms with E-state index in [1.807, 2.05) is 79.7 Å². The number of fused-ring (bicyclic) bond motifs is 3. The number of para-hydroxylation sites is 1. The standard InChI is InChI=1S/C24H15BrClN3O/c1-14-27-23-21(24(30)29(14)18-12-8-16(25)9-13-18)19-4-2-3-5-20(19)28-22(23)15-6-10-17(26)11-7-15/h2-13H,1H3. The average Bonchev–Trinajstić information content (AvgIpc) is 2.75. The first-order valence-corrected chi connectivity index (χ1v) is 10.5. The third kappa shape index (κ3) is 3.11. The van der Waals surface area contributed by atoms with Gasteiger partial charge in [0.05, 0.1) is 22.3 Å². The summed E-state index contributed by atoms with van der Waals surface area (Å²) in [7, 11) is 0. The molecule has 5 rings (SSSR count). The van der Waals surface area contributed by atoms with E-state index in [4.69, 9.17) is 21.6 Å². The summed E-state index contributed by atoms with van der Waals surface area (Å²) >= 11 is 9.52. The predicted octanol–water partition coefficient (Wildman–Crippen LogP) is 6.33. The third-order valence-corrected chi connectivity index (χ3v) is 5.86. The Kier molecular flexibility index (Phi) is 4.65. The Hall–Kier alpha value is -3.02. The first kappa shape index (κ1) is 19.0. The molecule has 146 valence electrons. The molecule has 0 aliphatic rings. The van der Waals surface area contributed by atoms with Gasteiger partial charge < -0.3 is 0 Å². The van der Waals surface area contributed by atoms with Gasteiger partial charge in [0.15, 0.2) is 0 Å². The number of benzene rings is 3. The van der Waals surface area contributed by atoms with Crippen LogP contribution in [0.2, 0.25) is 5.02 Å². The molecule has 0 bridgehead atoms. The molecule has 0 spiro atoms. The molecule has 0 saturated carbocycles. The van der Waals surface area contributed by atoms with Crippen LogP contribution < -0.4 is 5.56 Å². The summed E-state index contributed by atoms with van der Waals surface area (Å²) in [5.74, 6) is 0.599. The van der Waals surface area contributed by atoms with Crippen LogP contribution in [0, 0.1) is 6.92 Å². The molecule has 0 radical (unpaired) electrons. The third-order valence-electron chi connectivity index (χ3n) is 5.08. The van der Waals surface area contributed by atoms with Crippen molar-refractivity contribution >= 4 is 49.3 Å². The number of nitrogens with zero attached hydrogens (tertiary/aromatic N) is 3. The number of pyridine rings is 1. The van der Waals surface area contributed by atoms with Crippen molar-refractivity contribution in [3.63, 3.8) is 0 Å². The van der Waals surface area contributed by atoms with Gasteiger partial charge in [0, 0.05) is 20.4 Å². The second-order valence-electron chi connectivity index (χ2n) is 6.98. The molecule has 2 heterocycles. The Labute approximate surface area is 185 Å². The topological polar surface area (TPSA) is 47.8 Å². The van der Waals surface area contributed by atoms with Gasteiger partial charge in [0.1, 0.15) is 11.3 Å². The quantitative estimate of drug-likeness (QED) is 0.280. The van der Waals surface area contributed by atoms with E-state index in [0.717, 1.165) is 26.6 Å². The Morgan fingerprint density at radius 3 is 2.33 bits per heavy atom. The van der Waals surface area contributed by atoms with Crippen molar-refractivity contribution in [1.82, 2.24) is 14.5 Å². The molecule has 0 saturated heterocycles. The summed E-state index contributed by atoms with van der Waals surface area (Å²) in [6.45, 7) is 1.84. The molecule has 0 atom stereocenters. The van der Waals surface area contributed by atoms with Crippen LogP contribution in [-0.2, 0) is 0 Å². The fourth-order valence-electron chi connectivity index (χ4n) is 3.70. The van der Waals surface area contributed by atoms with E-state index in [1.54, 1.807) is 4.57 Å². The number of hydrogen-bond acceptors (Lipinski definition) is 3. The first-order chi connectivity index (χ1) is 14.5. The van der Waals surface area contributed by atoms with E-state index in [0.29, 0.717) is 27.4 Å². The highest BCUT2D eigenvalue weighted by Crippen LogP contribution is 2.30. The van der Waals surface area contributed by atoms with Crippen LogP contribution in [0.1, 0.15) is 5.82 Å². The molecule has 5 aromatic rings. The van der Waals surface area contributed by atoms with E-state index >= 15 is 0 Å². The highest BCUT2D eigenvalue weighted by molar-refractivity contribution is 9.10. The lowest BCUT2D eigenvalue weighted by Crippen LogP contribution is -2.23. The smallest absolute Gasteiger partial charge is 0.266 e. The van der Waals surface area contributed by atoms with Crippen LogP contribution in [-0.4, -0.2) is 14.5 Å². The molecule has 0 aliphatic heterocycles. The maximum atomic E-state index is 13.7. The molecule has 0 unspecified atom stereocenters. The minimum Gasteiger partial charge on any atom is -0.268 e. The minimum absolute atomic E-state index is 0.117. The molecule has 30 heavy (non-hydrogen) atoms. The zero-order valence-electron chi connectivity index (χ0n) is 15.9. The van der Waals surface area contributed by atoms with E-state index < -0.39 is 0 Å². The lowest BCUT2D eigenvalue weighted by atomic mass is 10.0. The molecule has 3 aromatic carbocycles. The summed E-state index contributed by atoms with van der Waals surface area (Å²) in [6, 6.07) is 22.7. The van der Waals surface area contributed by atoms with Gasteiger partial charge in [0.2, 0.25) is 0 Å². The Morgan fingerprint density at radius 1 is 0.900 bits per heavy atom. The number of hydrogen-bond donors (Lipinski definition) is 0. The Morgan fingerprint density at radius 2 is 1.60 bits per heavy atom. The van der Waals surface area contributed by atoms with Gasteiger partial charge in [-0.1, -0.05) is 57.9 Å². The van der Waals surface area contributed by atoms with Crippen LogP contribution in [0.25, 0.3) is 38.8 Å². The van der Waals surface area contributed by atoms with E-state index in [1.165, 1.54) is 0 Å². The van der Waals surface area contributed by atoms with Crippen molar-refractivity contribution in [2.75, 3.05) is 0 Å². The monoisotopic (exact) mass is 475 g/mol. The highest BCUT2D eigenvalue weighted by atomic mass is 79.9. The molecular weight excluding hydrogens is 462 g/mol. The lowest BCUT2D eigenvalue weighted by Gasteiger charge is -2.14. The molecule has 2 aromatic heterocycles. The van der Waals surface area contributed by atoms with E-state index in [-0.39, 0.29) is 5.56 Å². The maximum absolute atomic E-state index is 13.7. The normalized spacial score (nSPS) is 11.3. The van der Waals surface area contributed by atoms with E-state index in [9.17, 15) is 4.79 Å². The lowest BCUT2D eigenvalue weighted by molar-refractivity contribution is 0.895. The zero-order valence-corrected chi connectivity index (χ0v) is 18.3. The molecule has 0 amide bonds. The van der Waals surface area contributed by atoms with Gasteiger partial charge in [0.25, 0.3) is 5.56 Å². The largest absolute Gasteiger partial charge is 0.268 e. The second-order valence-corrected chi connectivity index (χ2v) is 8.34. The molecule has 0 aliphatic carbocycles. The van der Waals surface area contributed by atoms with Crippen molar-refractivity contribution in [2.24, 2.45) is 0 Å². The summed E-state index contributed by atoms with van der Waals surface area (Å²) in [5, 5.41) is 1.98. The molecule has 4 nitrogen and oxygen atoms in total. The van der Waals surface area contributed by atoms with Crippen LogP contribution >= 0.6 is 27.5 Å². The number of halogens is 2. The fraction of sp³-hybridized carbons (Fsp3) is 0.0417. The zero-order chi connectivity index (χ0) is 20.8. The number of aromatic nitrogens is 3. The predicted molar refractivity (Wildman–Crippen MR) is 126 cm³/mol. The molecule has 0 fully saturated rings. The van der Waals surface area contributed by atoms with Crippen molar-refractivity contribution < 1.29 is 0 Å². The first-order valence-electron chi connectivity index (χ1n) is 9.37. The van der Waals surface area contributed by atoms with Crippen LogP contribution in [0.5, 0.6) is 0 Å². The molecular formula is C24H15BrClN3O. The van der Waals surface area contributed by atoms with Crippen LogP contribution in [0.4, 0.5) is 0 Å². The number of rotatable bonds is 2. The Bertz CT molecular complexity index is 1480. The van der Waals surface area contributed by atoms with Crippen molar-refractivity contribution in [3.8, 4) is 16.9 Å². The second kappa shape index (κ2) is 7.35. The highest BCUT2D eigenvalue weighted by Gasteiger charge is 2.18. The summed E-state index contributed by atoms with van der Waals surface area (Å²) in [5.41, 5.74) is 3.52. The minimum atomic E-state index is -0.117.